The number of amides is 2. The van der Waals surface area contributed by atoms with Gasteiger partial charge in [0, 0.05) is 19.4 Å². The SMILES string of the molecule is C=CCCC(=O)OCC(NC(=O)C(CC=C)CC(=O)N1Cc2ccccc2CC1CO)C(C)C. The number of fused-ring (bicyclic) bond motifs is 1. The monoisotopic (exact) mass is 470 g/mol. The number of ether oxygens (including phenoxy) is 1. The number of nitrogens with zero attached hydrogens (tertiary/aromatic N) is 1. The van der Waals surface area contributed by atoms with Crippen molar-refractivity contribution >= 4 is 17.8 Å². The molecule has 0 fully saturated rings. The summed E-state index contributed by atoms with van der Waals surface area (Å²) < 4.78 is 5.32. The number of nitrogens with one attached hydrogen (secondary N) is 1. The number of carbonyl (C=O) groups is 3. The van der Waals surface area contributed by atoms with Crippen molar-refractivity contribution in [1.82, 2.24) is 10.2 Å². The van der Waals surface area contributed by atoms with E-state index >= 15 is 0 Å². The number of benzene rings is 1. The van der Waals surface area contributed by atoms with E-state index in [0.29, 0.717) is 25.8 Å². The Kier molecular flexibility index (Phi) is 11.0. The lowest BCUT2D eigenvalue weighted by Crippen LogP contribution is -2.49. The van der Waals surface area contributed by atoms with Crippen molar-refractivity contribution in [3.8, 4) is 0 Å². The van der Waals surface area contributed by atoms with Gasteiger partial charge in [-0.15, -0.1) is 13.2 Å². The van der Waals surface area contributed by atoms with Crippen molar-refractivity contribution in [2.75, 3.05) is 13.2 Å². The molecule has 7 heteroatoms. The van der Waals surface area contributed by atoms with Crippen LogP contribution in [-0.2, 0) is 32.1 Å². The van der Waals surface area contributed by atoms with E-state index in [9.17, 15) is 19.5 Å². The zero-order valence-electron chi connectivity index (χ0n) is 20.4. The van der Waals surface area contributed by atoms with Crippen LogP contribution in [0.4, 0.5) is 0 Å². The zero-order chi connectivity index (χ0) is 25.1. The summed E-state index contributed by atoms with van der Waals surface area (Å²) in [6.45, 7) is 11.6. The van der Waals surface area contributed by atoms with E-state index in [1.54, 1.807) is 17.1 Å². The highest BCUT2D eigenvalue weighted by Crippen LogP contribution is 2.25. The molecule has 186 valence electrons. The minimum absolute atomic E-state index is 0.0143. The predicted molar refractivity (Wildman–Crippen MR) is 132 cm³/mol. The van der Waals surface area contributed by atoms with E-state index in [0.717, 1.165) is 11.1 Å². The fourth-order valence-electron chi connectivity index (χ4n) is 4.03. The van der Waals surface area contributed by atoms with Crippen LogP contribution in [0.2, 0.25) is 0 Å². The van der Waals surface area contributed by atoms with Gasteiger partial charge in [-0.3, -0.25) is 14.4 Å². The number of rotatable bonds is 13. The molecule has 0 saturated carbocycles. The molecular weight excluding hydrogens is 432 g/mol. The van der Waals surface area contributed by atoms with Gasteiger partial charge in [-0.05, 0) is 36.3 Å². The average Bonchev–Trinajstić information content (AvgIpc) is 2.83. The first kappa shape index (κ1) is 27.3. The van der Waals surface area contributed by atoms with Crippen LogP contribution in [0.3, 0.4) is 0 Å². The lowest BCUT2D eigenvalue weighted by Gasteiger charge is -2.36. The first-order valence-corrected chi connectivity index (χ1v) is 12.0. The minimum atomic E-state index is -0.598. The van der Waals surface area contributed by atoms with Crippen molar-refractivity contribution in [2.24, 2.45) is 11.8 Å². The Balaban J connectivity index is 2.03. The van der Waals surface area contributed by atoms with E-state index in [-0.39, 0.29) is 61.8 Å². The average molecular weight is 471 g/mol. The molecule has 0 aliphatic carbocycles. The molecule has 0 aromatic heterocycles. The number of esters is 1. The van der Waals surface area contributed by atoms with Crippen LogP contribution in [0.1, 0.15) is 50.7 Å². The molecule has 3 atom stereocenters. The minimum Gasteiger partial charge on any atom is -0.463 e. The smallest absolute Gasteiger partial charge is 0.306 e. The van der Waals surface area contributed by atoms with Gasteiger partial charge < -0.3 is 20.1 Å². The van der Waals surface area contributed by atoms with E-state index in [2.05, 4.69) is 18.5 Å². The second kappa shape index (κ2) is 13.7. The maximum atomic E-state index is 13.2. The molecule has 0 spiro atoms. The number of aliphatic hydroxyl groups is 1. The molecule has 1 aromatic carbocycles. The molecule has 1 aromatic rings. The lowest BCUT2D eigenvalue weighted by atomic mass is 9.92. The molecule has 2 rings (SSSR count). The van der Waals surface area contributed by atoms with Gasteiger partial charge in [0.2, 0.25) is 11.8 Å². The highest BCUT2D eigenvalue weighted by Gasteiger charge is 2.32. The Morgan fingerprint density at radius 3 is 2.53 bits per heavy atom. The predicted octanol–water partition coefficient (Wildman–Crippen LogP) is 3.16. The van der Waals surface area contributed by atoms with Crippen LogP contribution in [0.15, 0.2) is 49.6 Å². The topological polar surface area (TPSA) is 95.9 Å². The maximum Gasteiger partial charge on any atom is 0.306 e. The molecule has 3 unspecified atom stereocenters. The first-order valence-electron chi connectivity index (χ1n) is 12.0. The number of carbonyl (C=O) groups excluding carboxylic acids is 3. The van der Waals surface area contributed by atoms with Gasteiger partial charge in [-0.2, -0.15) is 0 Å². The Hall–Kier alpha value is -2.93. The summed E-state index contributed by atoms with van der Waals surface area (Å²) in [5.74, 6) is -1.34. The van der Waals surface area contributed by atoms with Gasteiger partial charge in [-0.25, -0.2) is 0 Å². The van der Waals surface area contributed by atoms with Crippen LogP contribution in [-0.4, -0.2) is 53.1 Å². The van der Waals surface area contributed by atoms with Crippen LogP contribution < -0.4 is 5.32 Å². The normalized spacial score (nSPS) is 16.8. The first-order chi connectivity index (χ1) is 16.3. The third kappa shape index (κ3) is 7.83. The Bertz CT molecular complexity index is 866. The molecule has 2 amide bonds. The van der Waals surface area contributed by atoms with Gasteiger partial charge in [0.25, 0.3) is 0 Å². The molecule has 2 N–H and O–H groups in total. The van der Waals surface area contributed by atoms with E-state index in [1.807, 2.05) is 38.1 Å². The second-order valence-electron chi connectivity index (χ2n) is 9.13. The number of allylic oxidation sites excluding steroid dienone is 2. The van der Waals surface area contributed by atoms with Crippen LogP contribution in [0.25, 0.3) is 0 Å². The molecule has 0 bridgehead atoms. The van der Waals surface area contributed by atoms with Crippen LogP contribution >= 0.6 is 0 Å². The van der Waals surface area contributed by atoms with Gasteiger partial charge in [0.05, 0.1) is 24.6 Å². The molecule has 7 nitrogen and oxygen atoms in total. The van der Waals surface area contributed by atoms with Gasteiger partial charge in [0.1, 0.15) is 6.61 Å². The summed E-state index contributed by atoms with van der Waals surface area (Å²) in [5, 5.41) is 12.8. The summed E-state index contributed by atoms with van der Waals surface area (Å²) in [5.41, 5.74) is 2.19. The molecule has 0 radical (unpaired) electrons. The van der Waals surface area contributed by atoms with E-state index in [1.165, 1.54) is 0 Å². The summed E-state index contributed by atoms with van der Waals surface area (Å²) >= 11 is 0. The van der Waals surface area contributed by atoms with Crippen LogP contribution in [0, 0.1) is 11.8 Å². The van der Waals surface area contributed by atoms with Crippen molar-refractivity contribution in [3.63, 3.8) is 0 Å². The summed E-state index contributed by atoms with van der Waals surface area (Å²) in [6, 6.07) is 7.22. The lowest BCUT2D eigenvalue weighted by molar-refractivity contribution is -0.145. The van der Waals surface area contributed by atoms with E-state index < -0.39 is 5.92 Å². The molecule has 34 heavy (non-hydrogen) atoms. The molecule has 1 heterocycles. The summed E-state index contributed by atoms with van der Waals surface area (Å²) in [4.78, 5) is 39.9. The fourth-order valence-corrected chi connectivity index (χ4v) is 4.03. The van der Waals surface area contributed by atoms with Gasteiger partial charge in [0.15, 0.2) is 0 Å². The van der Waals surface area contributed by atoms with Crippen molar-refractivity contribution in [2.45, 2.75) is 64.6 Å². The summed E-state index contributed by atoms with van der Waals surface area (Å²) in [6.07, 6.45) is 5.02. The summed E-state index contributed by atoms with van der Waals surface area (Å²) in [7, 11) is 0. The number of aliphatic hydroxyl groups excluding tert-OH is 1. The molecule has 1 aliphatic heterocycles. The van der Waals surface area contributed by atoms with Crippen molar-refractivity contribution in [3.05, 3.63) is 60.7 Å². The largest absolute Gasteiger partial charge is 0.463 e. The van der Waals surface area contributed by atoms with Crippen molar-refractivity contribution < 1.29 is 24.2 Å². The van der Waals surface area contributed by atoms with Gasteiger partial charge >= 0.3 is 5.97 Å². The Morgan fingerprint density at radius 1 is 1.21 bits per heavy atom. The molecule has 1 aliphatic rings. The van der Waals surface area contributed by atoms with Crippen molar-refractivity contribution in [1.29, 1.82) is 0 Å². The number of hydrogen-bond donors (Lipinski definition) is 2. The zero-order valence-corrected chi connectivity index (χ0v) is 20.4. The standard InChI is InChI=1S/C27H38N2O5/c1-5-7-13-26(32)34-18-24(19(3)4)28-27(33)21(10-6-2)15-25(31)29-16-22-12-9-8-11-20(22)14-23(29)17-30/h5-6,8-9,11-12,19,21,23-24,30H,1-2,7,10,13-18H2,3-4H3,(H,28,33). The quantitative estimate of drug-likeness (QED) is 0.341. The van der Waals surface area contributed by atoms with E-state index in [4.69, 9.17) is 4.74 Å². The third-order valence-electron chi connectivity index (χ3n) is 6.24. The van der Waals surface area contributed by atoms with Gasteiger partial charge in [-0.1, -0.05) is 50.3 Å². The Morgan fingerprint density at radius 2 is 1.91 bits per heavy atom. The number of hydrogen-bond acceptors (Lipinski definition) is 5. The molecular formula is C27H38N2O5. The Labute approximate surface area is 202 Å². The second-order valence-corrected chi connectivity index (χ2v) is 9.13. The fraction of sp³-hybridized carbons (Fsp3) is 0.519. The third-order valence-corrected chi connectivity index (χ3v) is 6.24. The highest BCUT2D eigenvalue weighted by molar-refractivity contribution is 5.86. The molecule has 0 saturated heterocycles. The van der Waals surface area contributed by atoms with Crippen LogP contribution in [0.5, 0.6) is 0 Å². The highest BCUT2D eigenvalue weighted by atomic mass is 16.5. The maximum absolute atomic E-state index is 13.2.